The van der Waals surface area contributed by atoms with Crippen LogP contribution in [-0.2, 0) is 24.2 Å². The van der Waals surface area contributed by atoms with Crippen molar-refractivity contribution in [1.29, 1.82) is 0 Å². The number of carbonyl (C=O) groups excluding carboxylic acids is 2. The van der Waals surface area contributed by atoms with Crippen LogP contribution >= 0.6 is 0 Å². The summed E-state index contributed by atoms with van der Waals surface area (Å²) in [6.45, 7) is 2.99. The van der Waals surface area contributed by atoms with Gasteiger partial charge in [-0.05, 0) is 25.0 Å². The molecule has 4 heterocycles. The molecule has 0 saturated carbocycles. The number of carbonyl (C=O) groups is 2. The van der Waals surface area contributed by atoms with Crippen molar-refractivity contribution in [1.82, 2.24) is 14.9 Å². The Morgan fingerprint density at radius 1 is 1.28 bits per heavy atom. The summed E-state index contributed by atoms with van der Waals surface area (Å²) < 4.78 is 40.4. The summed E-state index contributed by atoms with van der Waals surface area (Å²) >= 11 is 0. The quantitative estimate of drug-likeness (QED) is 0.614. The molecule has 2 unspecified atom stereocenters. The van der Waals surface area contributed by atoms with Crippen LogP contribution in [0.15, 0.2) is 18.3 Å². The van der Waals surface area contributed by atoms with Crippen LogP contribution in [0.1, 0.15) is 12.8 Å². The highest BCUT2D eigenvalue weighted by atomic mass is 32.3. The van der Waals surface area contributed by atoms with Gasteiger partial charge in [-0.1, -0.05) is 0 Å². The lowest BCUT2D eigenvalue weighted by Gasteiger charge is -2.29. The predicted octanol–water partition coefficient (Wildman–Crippen LogP) is -0.140. The normalized spacial score (nSPS) is 24.7. The zero-order valence-electron chi connectivity index (χ0n) is 15.4. The van der Waals surface area contributed by atoms with Crippen molar-refractivity contribution < 1.29 is 31.6 Å². The zero-order valence-corrected chi connectivity index (χ0v) is 16.2. The van der Waals surface area contributed by atoms with Gasteiger partial charge in [0, 0.05) is 19.6 Å². The number of nitrogens with one attached hydrogen (secondary N) is 1. The first kappa shape index (κ1) is 19.8. The van der Waals surface area contributed by atoms with Crippen LogP contribution in [0, 0.1) is 0 Å². The first-order valence-corrected chi connectivity index (χ1v) is 10.5. The minimum atomic E-state index is -4.82. The summed E-state index contributed by atoms with van der Waals surface area (Å²) in [5.74, 6) is -0.0658. The lowest BCUT2D eigenvalue weighted by Crippen LogP contribution is -2.47. The first-order valence-electron chi connectivity index (χ1n) is 9.18. The minimum absolute atomic E-state index is 0.135. The Balaban J connectivity index is 1.39. The van der Waals surface area contributed by atoms with Gasteiger partial charge in [0.1, 0.15) is 11.9 Å². The Labute approximate surface area is 167 Å². The number of amides is 3. The van der Waals surface area contributed by atoms with Crippen molar-refractivity contribution in [2.24, 2.45) is 0 Å². The van der Waals surface area contributed by atoms with E-state index in [9.17, 15) is 18.0 Å². The lowest BCUT2D eigenvalue weighted by atomic mass is 10.0. The number of anilines is 2. The molecule has 3 saturated heterocycles. The van der Waals surface area contributed by atoms with E-state index in [1.165, 1.54) is 4.90 Å². The van der Waals surface area contributed by atoms with Gasteiger partial charge in [-0.2, -0.15) is 13.5 Å². The van der Waals surface area contributed by atoms with Gasteiger partial charge < -0.3 is 19.9 Å². The van der Waals surface area contributed by atoms with E-state index in [2.05, 4.69) is 19.5 Å². The number of hydrogen-bond acceptors (Lipinski definition) is 8. The number of pyridine rings is 1. The highest BCUT2D eigenvalue weighted by Gasteiger charge is 2.49. The van der Waals surface area contributed by atoms with Gasteiger partial charge in [0.05, 0.1) is 31.1 Å². The van der Waals surface area contributed by atoms with Crippen molar-refractivity contribution in [2.45, 2.75) is 24.9 Å². The molecule has 0 aromatic carbocycles. The number of hydroxylamine groups is 2. The Morgan fingerprint density at radius 3 is 2.69 bits per heavy atom. The van der Waals surface area contributed by atoms with E-state index >= 15 is 0 Å². The van der Waals surface area contributed by atoms with Gasteiger partial charge in [-0.25, -0.2) is 9.78 Å². The maximum Gasteiger partial charge on any atom is 0.418 e. The molecule has 12 nitrogen and oxygen atoms in total. The molecular formula is C16H21N5O7S. The second-order valence-corrected chi connectivity index (χ2v) is 8.00. The number of morpholine rings is 1. The Morgan fingerprint density at radius 2 is 2.03 bits per heavy atom. The molecule has 3 aliphatic rings. The third-order valence-corrected chi connectivity index (χ3v) is 5.52. The fourth-order valence-corrected chi connectivity index (χ4v) is 4.17. The van der Waals surface area contributed by atoms with Crippen LogP contribution in [0.25, 0.3) is 0 Å². The van der Waals surface area contributed by atoms with Crippen molar-refractivity contribution in [2.75, 3.05) is 43.1 Å². The maximum absolute atomic E-state index is 12.7. The topological polar surface area (TPSA) is 142 Å². The smallest absolute Gasteiger partial charge is 0.378 e. The second-order valence-electron chi connectivity index (χ2n) is 7.00. The third-order valence-electron chi connectivity index (χ3n) is 5.18. The summed E-state index contributed by atoms with van der Waals surface area (Å²) in [6, 6.07) is 1.44. The molecule has 3 aliphatic heterocycles. The molecule has 0 spiro atoms. The van der Waals surface area contributed by atoms with Crippen molar-refractivity contribution in [3.05, 3.63) is 18.3 Å². The fourth-order valence-electron chi connectivity index (χ4n) is 3.78. The number of rotatable bonds is 5. The van der Waals surface area contributed by atoms with Crippen LogP contribution in [0.5, 0.6) is 0 Å². The van der Waals surface area contributed by atoms with Crippen molar-refractivity contribution >= 4 is 33.8 Å². The molecule has 13 heteroatoms. The molecule has 2 atom stereocenters. The minimum Gasteiger partial charge on any atom is -0.378 e. The highest BCUT2D eigenvalue weighted by molar-refractivity contribution is 7.80. The molecule has 2 N–H and O–H groups in total. The molecule has 158 valence electrons. The zero-order chi connectivity index (χ0) is 20.6. The summed E-state index contributed by atoms with van der Waals surface area (Å²) in [5.41, 5.74) is 0.930. The maximum atomic E-state index is 12.7. The van der Waals surface area contributed by atoms with Gasteiger partial charge in [-0.3, -0.25) is 9.35 Å². The number of nitrogens with zero attached hydrogens (tertiary/aromatic N) is 4. The Hall–Kier alpha value is -2.48. The van der Waals surface area contributed by atoms with Gasteiger partial charge in [0.2, 0.25) is 5.91 Å². The van der Waals surface area contributed by atoms with Gasteiger partial charge in [0.25, 0.3) is 0 Å². The standard InChI is InChI=1S/C16H21N5O7S/c22-15(18-14-4-2-11(9-17-14)19-5-7-27-8-6-19)13-3-1-12-10-20(13)16(23)21(12)28-29(24,25)26/h2,4,9,12-13H,1,3,5-8,10H2,(H,17,18,22)(H,24,25,26). The first-order chi connectivity index (χ1) is 13.8. The number of urea groups is 1. The van der Waals surface area contributed by atoms with Crippen LogP contribution in [-0.4, -0.2) is 84.8 Å². The SMILES string of the molecule is O=C(Nc1ccc(N2CCOCC2)cn1)C1CCC2CN1C(=O)N2OS(=O)(=O)O. The molecule has 1 aromatic heterocycles. The number of hydrogen-bond donors (Lipinski definition) is 2. The van der Waals surface area contributed by atoms with Crippen molar-refractivity contribution in [3.63, 3.8) is 0 Å². The van der Waals surface area contributed by atoms with Crippen LogP contribution in [0.3, 0.4) is 0 Å². The Bertz CT molecular complexity index is 887. The van der Waals surface area contributed by atoms with Crippen LogP contribution < -0.4 is 10.2 Å². The van der Waals surface area contributed by atoms with E-state index in [0.717, 1.165) is 18.8 Å². The number of piperidine rings is 1. The van der Waals surface area contributed by atoms with E-state index in [1.807, 2.05) is 6.07 Å². The fraction of sp³-hybridized carbons (Fsp3) is 0.562. The molecule has 2 bridgehead atoms. The predicted molar refractivity (Wildman–Crippen MR) is 99.3 cm³/mol. The molecule has 3 fully saturated rings. The van der Waals surface area contributed by atoms with E-state index in [-0.39, 0.29) is 6.54 Å². The molecular weight excluding hydrogens is 406 g/mol. The monoisotopic (exact) mass is 427 g/mol. The average Bonchev–Trinajstić information content (AvgIpc) is 2.93. The molecule has 3 amide bonds. The molecule has 0 aliphatic carbocycles. The summed E-state index contributed by atoms with van der Waals surface area (Å²) in [7, 11) is -4.82. The largest absolute Gasteiger partial charge is 0.418 e. The number of aromatic nitrogens is 1. The van der Waals surface area contributed by atoms with E-state index in [1.54, 1.807) is 12.3 Å². The summed E-state index contributed by atoms with van der Waals surface area (Å²) in [6.07, 6.45) is 2.36. The molecule has 4 rings (SSSR count). The van der Waals surface area contributed by atoms with Gasteiger partial charge >= 0.3 is 16.4 Å². The second kappa shape index (κ2) is 7.74. The molecule has 1 aromatic rings. The van der Waals surface area contributed by atoms with E-state index < -0.39 is 34.4 Å². The van der Waals surface area contributed by atoms with E-state index in [0.29, 0.717) is 36.9 Å². The molecule has 0 radical (unpaired) electrons. The number of fused-ring (bicyclic) bond motifs is 2. The molecule has 29 heavy (non-hydrogen) atoms. The summed E-state index contributed by atoms with van der Waals surface area (Å²) in [4.78, 5) is 32.7. The summed E-state index contributed by atoms with van der Waals surface area (Å²) in [5, 5.41) is 3.30. The van der Waals surface area contributed by atoms with Gasteiger partial charge in [0.15, 0.2) is 0 Å². The van der Waals surface area contributed by atoms with Crippen LogP contribution in [0.2, 0.25) is 0 Å². The lowest BCUT2D eigenvalue weighted by molar-refractivity contribution is -0.120. The van der Waals surface area contributed by atoms with E-state index in [4.69, 9.17) is 9.29 Å². The Kier molecular flexibility index (Phi) is 5.29. The average molecular weight is 427 g/mol. The van der Waals surface area contributed by atoms with Gasteiger partial charge in [-0.15, -0.1) is 4.28 Å². The number of ether oxygens (including phenoxy) is 1. The van der Waals surface area contributed by atoms with Crippen molar-refractivity contribution in [3.8, 4) is 0 Å². The third kappa shape index (κ3) is 4.27. The highest BCUT2D eigenvalue weighted by Crippen LogP contribution is 2.31. The van der Waals surface area contributed by atoms with Crippen LogP contribution in [0.4, 0.5) is 16.3 Å².